The van der Waals surface area contributed by atoms with E-state index in [4.69, 9.17) is 4.74 Å². The fourth-order valence-corrected chi connectivity index (χ4v) is 2.72. The highest BCUT2D eigenvalue weighted by Crippen LogP contribution is 2.26. The number of ether oxygens (including phenoxy) is 1. The molecule has 1 aliphatic rings. The third kappa shape index (κ3) is 2.18. The van der Waals surface area contributed by atoms with E-state index in [0.29, 0.717) is 6.54 Å². The van der Waals surface area contributed by atoms with Crippen molar-refractivity contribution in [3.05, 3.63) is 30.5 Å². The number of amides is 1. The largest absolute Gasteiger partial charge is 0.496 e. The average molecular weight is 258 g/mol. The quantitative estimate of drug-likeness (QED) is 0.846. The summed E-state index contributed by atoms with van der Waals surface area (Å²) in [5, 5.41) is 1.05. The molecule has 0 radical (unpaired) electrons. The number of benzene rings is 1. The summed E-state index contributed by atoms with van der Waals surface area (Å²) in [5.41, 5.74) is 1.05. The third-order valence-electron chi connectivity index (χ3n) is 3.76. The number of methoxy groups -OCH3 is 1. The zero-order valence-corrected chi connectivity index (χ0v) is 11.1. The normalized spacial score (nSPS) is 15.1. The molecule has 1 aromatic carbocycles. The Morgan fingerprint density at radius 3 is 2.79 bits per heavy atom. The van der Waals surface area contributed by atoms with Gasteiger partial charge in [0.1, 0.15) is 12.3 Å². The number of likely N-dealkylation sites (tertiary alicyclic amines) is 1. The second-order valence-electron chi connectivity index (χ2n) is 4.92. The van der Waals surface area contributed by atoms with Crippen LogP contribution in [0.25, 0.3) is 10.9 Å². The van der Waals surface area contributed by atoms with Crippen LogP contribution in [0.3, 0.4) is 0 Å². The van der Waals surface area contributed by atoms with Gasteiger partial charge < -0.3 is 14.2 Å². The van der Waals surface area contributed by atoms with Crippen molar-refractivity contribution < 1.29 is 9.53 Å². The molecule has 1 fully saturated rings. The van der Waals surface area contributed by atoms with Gasteiger partial charge in [-0.2, -0.15) is 0 Å². The molecule has 0 N–H and O–H groups in total. The molecule has 3 rings (SSSR count). The molecule has 2 heterocycles. The Bertz CT molecular complexity index is 597. The topological polar surface area (TPSA) is 34.5 Å². The van der Waals surface area contributed by atoms with Gasteiger partial charge in [-0.15, -0.1) is 0 Å². The van der Waals surface area contributed by atoms with Gasteiger partial charge in [-0.25, -0.2) is 0 Å². The maximum absolute atomic E-state index is 12.2. The molecule has 0 saturated carbocycles. The van der Waals surface area contributed by atoms with Gasteiger partial charge in [-0.3, -0.25) is 4.79 Å². The van der Waals surface area contributed by atoms with Crippen LogP contribution in [0.1, 0.15) is 12.8 Å². The Morgan fingerprint density at radius 1 is 1.26 bits per heavy atom. The molecule has 0 unspecified atom stereocenters. The fourth-order valence-electron chi connectivity index (χ4n) is 2.72. The van der Waals surface area contributed by atoms with E-state index in [0.717, 1.165) is 42.6 Å². The van der Waals surface area contributed by atoms with Gasteiger partial charge in [0.05, 0.1) is 12.6 Å². The highest BCUT2D eigenvalue weighted by Gasteiger charge is 2.18. The molecular weight excluding hydrogens is 240 g/mol. The first-order valence-corrected chi connectivity index (χ1v) is 6.69. The highest BCUT2D eigenvalue weighted by atomic mass is 16.5. The van der Waals surface area contributed by atoms with Crippen LogP contribution < -0.4 is 4.74 Å². The summed E-state index contributed by atoms with van der Waals surface area (Å²) in [5.74, 6) is 1.06. The molecule has 4 heteroatoms. The van der Waals surface area contributed by atoms with Crippen molar-refractivity contribution >= 4 is 16.8 Å². The third-order valence-corrected chi connectivity index (χ3v) is 3.76. The Balaban J connectivity index is 1.87. The van der Waals surface area contributed by atoms with E-state index < -0.39 is 0 Å². The number of hydrogen-bond donors (Lipinski definition) is 0. The lowest BCUT2D eigenvalue weighted by Crippen LogP contribution is -2.30. The number of carbonyl (C=O) groups is 1. The summed E-state index contributed by atoms with van der Waals surface area (Å²) in [4.78, 5) is 14.1. The lowest BCUT2D eigenvalue weighted by Gasteiger charge is -2.16. The Kier molecular flexibility index (Phi) is 3.15. The maximum Gasteiger partial charge on any atom is 0.242 e. The zero-order valence-electron chi connectivity index (χ0n) is 11.1. The molecule has 1 aromatic heterocycles. The second kappa shape index (κ2) is 4.96. The molecule has 1 aliphatic heterocycles. The molecule has 0 spiro atoms. The van der Waals surface area contributed by atoms with E-state index in [1.807, 2.05) is 39.9 Å². The highest BCUT2D eigenvalue weighted by molar-refractivity contribution is 5.88. The molecule has 100 valence electrons. The SMILES string of the molecule is COc1cccc2c1ccn2CC(=O)N1CCCC1. The molecule has 4 nitrogen and oxygen atoms in total. The predicted octanol–water partition coefficient (Wildman–Crippen LogP) is 2.27. The molecule has 0 aliphatic carbocycles. The van der Waals surface area contributed by atoms with E-state index >= 15 is 0 Å². The average Bonchev–Trinajstić information content (AvgIpc) is 3.08. The van der Waals surface area contributed by atoms with Crippen molar-refractivity contribution in [1.29, 1.82) is 0 Å². The van der Waals surface area contributed by atoms with Crippen molar-refractivity contribution in [2.75, 3.05) is 20.2 Å². The van der Waals surface area contributed by atoms with Gasteiger partial charge in [0, 0.05) is 24.7 Å². The van der Waals surface area contributed by atoms with Gasteiger partial charge in [-0.05, 0) is 31.0 Å². The van der Waals surface area contributed by atoms with Gasteiger partial charge >= 0.3 is 0 Å². The van der Waals surface area contributed by atoms with E-state index in [-0.39, 0.29) is 5.91 Å². The summed E-state index contributed by atoms with van der Waals surface area (Å²) < 4.78 is 7.34. The van der Waals surface area contributed by atoms with Gasteiger partial charge in [0.15, 0.2) is 0 Å². The first-order valence-electron chi connectivity index (χ1n) is 6.69. The Labute approximate surface area is 112 Å². The van der Waals surface area contributed by atoms with Crippen LogP contribution in [0.2, 0.25) is 0 Å². The van der Waals surface area contributed by atoms with Gasteiger partial charge in [0.25, 0.3) is 0 Å². The minimum absolute atomic E-state index is 0.206. The smallest absolute Gasteiger partial charge is 0.242 e. The first kappa shape index (κ1) is 12.1. The standard InChI is InChI=1S/C15H18N2O2/c1-19-14-6-4-5-13-12(14)7-10-17(13)11-15(18)16-8-2-3-9-16/h4-7,10H,2-3,8-9,11H2,1H3. The molecular formula is C15H18N2O2. The summed E-state index contributed by atoms with van der Waals surface area (Å²) in [6.07, 6.45) is 4.22. The van der Waals surface area contributed by atoms with E-state index in [1.54, 1.807) is 7.11 Å². The molecule has 19 heavy (non-hydrogen) atoms. The van der Waals surface area contributed by atoms with Crippen molar-refractivity contribution in [2.24, 2.45) is 0 Å². The van der Waals surface area contributed by atoms with Crippen LogP contribution in [0.15, 0.2) is 30.5 Å². The minimum atomic E-state index is 0.206. The number of fused-ring (bicyclic) bond motifs is 1. The van der Waals surface area contributed by atoms with Crippen LogP contribution >= 0.6 is 0 Å². The fraction of sp³-hybridized carbons (Fsp3) is 0.400. The summed E-state index contributed by atoms with van der Waals surface area (Å²) >= 11 is 0. The van der Waals surface area contributed by atoms with Crippen LogP contribution in [-0.2, 0) is 11.3 Å². The van der Waals surface area contributed by atoms with Crippen molar-refractivity contribution in [1.82, 2.24) is 9.47 Å². The van der Waals surface area contributed by atoms with Crippen molar-refractivity contribution in [2.45, 2.75) is 19.4 Å². The van der Waals surface area contributed by atoms with Crippen LogP contribution in [0.4, 0.5) is 0 Å². The van der Waals surface area contributed by atoms with Gasteiger partial charge in [-0.1, -0.05) is 6.07 Å². The van der Waals surface area contributed by atoms with Crippen LogP contribution in [0, 0.1) is 0 Å². The van der Waals surface area contributed by atoms with Crippen molar-refractivity contribution in [3.8, 4) is 5.75 Å². The summed E-state index contributed by atoms with van der Waals surface area (Å²) in [6.45, 7) is 2.22. The molecule has 1 amide bonds. The van der Waals surface area contributed by atoms with Crippen molar-refractivity contribution in [3.63, 3.8) is 0 Å². The lowest BCUT2D eigenvalue weighted by atomic mass is 10.2. The second-order valence-corrected chi connectivity index (χ2v) is 4.92. The Morgan fingerprint density at radius 2 is 2.05 bits per heavy atom. The van der Waals surface area contributed by atoms with E-state index in [1.165, 1.54) is 0 Å². The maximum atomic E-state index is 12.2. The summed E-state index contributed by atoms with van der Waals surface area (Å²) in [6, 6.07) is 7.92. The number of rotatable bonds is 3. The zero-order chi connectivity index (χ0) is 13.2. The van der Waals surface area contributed by atoms with Crippen LogP contribution in [-0.4, -0.2) is 35.6 Å². The molecule has 1 saturated heterocycles. The minimum Gasteiger partial charge on any atom is -0.496 e. The van der Waals surface area contributed by atoms with Gasteiger partial charge in [0.2, 0.25) is 5.91 Å². The molecule has 0 bridgehead atoms. The Hall–Kier alpha value is -1.97. The lowest BCUT2D eigenvalue weighted by molar-refractivity contribution is -0.130. The number of aromatic nitrogens is 1. The molecule has 0 atom stereocenters. The number of nitrogens with zero attached hydrogens (tertiary/aromatic N) is 2. The van der Waals surface area contributed by atoms with Crippen LogP contribution in [0.5, 0.6) is 5.75 Å². The summed E-state index contributed by atoms with van der Waals surface area (Å²) in [7, 11) is 1.67. The van der Waals surface area contributed by atoms with E-state index in [2.05, 4.69) is 0 Å². The van der Waals surface area contributed by atoms with E-state index in [9.17, 15) is 4.79 Å². The first-order chi connectivity index (χ1) is 9.29. The number of hydrogen-bond acceptors (Lipinski definition) is 2. The predicted molar refractivity (Wildman–Crippen MR) is 74.3 cm³/mol. The molecule has 2 aromatic rings. The number of carbonyl (C=O) groups excluding carboxylic acids is 1. The monoisotopic (exact) mass is 258 g/mol.